The molecule has 0 radical (unpaired) electrons. The number of ether oxygens (including phenoxy) is 3. The van der Waals surface area contributed by atoms with Crippen molar-refractivity contribution in [2.75, 3.05) is 27.9 Å². The quantitative estimate of drug-likeness (QED) is 0.757. The van der Waals surface area contributed by atoms with Gasteiger partial charge in [0.05, 0.1) is 32.5 Å². The maximum atomic E-state index is 12.4. The van der Waals surface area contributed by atoms with Gasteiger partial charge in [0.15, 0.2) is 0 Å². The lowest BCUT2D eigenvalue weighted by Crippen LogP contribution is -2.42. The number of rotatable bonds is 8. The number of aliphatic hydroxyl groups is 1. The first-order valence-corrected chi connectivity index (χ1v) is 8.24. The van der Waals surface area contributed by atoms with Crippen molar-refractivity contribution < 1.29 is 24.1 Å². The molecule has 0 saturated carbocycles. The second-order valence-electron chi connectivity index (χ2n) is 6.27. The molecule has 2 N–H and O–H groups in total. The van der Waals surface area contributed by atoms with Gasteiger partial charge in [-0.15, -0.1) is 0 Å². The largest absolute Gasteiger partial charge is 0.497 e. The van der Waals surface area contributed by atoms with Gasteiger partial charge < -0.3 is 24.6 Å². The van der Waals surface area contributed by atoms with Gasteiger partial charge in [-0.05, 0) is 36.8 Å². The molecule has 0 aliphatic heterocycles. The number of amides is 1. The van der Waals surface area contributed by atoms with Gasteiger partial charge in [0.2, 0.25) is 0 Å². The average molecular weight is 359 g/mol. The predicted molar refractivity (Wildman–Crippen MR) is 99.2 cm³/mol. The molecule has 1 unspecified atom stereocenters. The topological polar surface area (TPSA) is 77.0 Å². The number of methoxy groups -OCH3 is 3. The predicted octanol–water partition coefficient (Wildman–Crippen LogP) is 2.44. The molecular weight excluding hydrogens is 334 g/mol. The summed E-state index contributed by atoms with van der Waals surface area (Å²) in [5, 5.41) is 13.4. The van der Waals surface area contributed by atoms with E-state index in [4.69, 9.17) is 14.2 Å². The first kappa shape index (κ1) is 19.6. The lowest BCUT2D eigenvalue weighted by Gasteiger charge is -2.24. The summed E-state index contributed by atoms with van der Waals surface area (Å²) in [6, 6.07) is 12.4. The number of hydrogen-bond donors (Lipinski definition) is 2. The average Bonchev–Trinajstić information content (AvgIpc) is 2.66. The molecule has 0 spiro atoms. The molecular formula is C20H25NO5. The summed E-state index contributed by atoms with van der Waals surface area (Å²) < 4.78 is 15.5. The van der Waals surface area contributed by atoms with Crippen molar-refractivity contribution in [3.63, 3.8) is 0 Å². The van der Waals surface area contributed by atoms with Crippen LogP contribution in [0.25, 0.3) is 0 Å². The molecule has 0 fully saturated rings. The highest BCUT2D eigenvalue weighted by Crippen LogP contribution is 2.24. The zero-order chi connectivity index (χ0) is 19.2. The van der Waals surface area contributed by atoms with Crippen LogP contribution in [0.2, 0.25) is 0 Å². The van der Waals surface area contributed by atoms with Crippen LogP contribution in [-0.4, -0.2) is 44.5 Å². The van der Waals surface area contributed by atoms with Gasteiger partial charge in [-0.1, -0.05) is 12.1 Å². The molecule has 2 rings (SSSR count). The van der Waals surface area contributed by atoms with Gasteiger partial charge in [0.25, 0.3) is 5.91 Å². The van der Waals surface area contributed by atoms with E-state index in [1.54, 1.807) is 39.3 Å². The Morgan fingerprint density at radius 2 is 1.62 bits per heavy atom. The van der Waals surface area contributed by atoms with Gasteiger partial charge in [-0.3, -0.25) is 4.79 Å². The maximum absolute atomic E-state index is 12.4. The summed E-state index contributed by atoms with van der Waals surface area (Å²) in [4.78, 5) is 12.4. The van der Waals surface area contributed by atoms with Crippen molar-refractivity contribution in [3.05, 3.63) is 53.6 Å². The van der Waals surface area contributed by atoms with E-state index in [1.165, 1.54) is 7.11 Å². The number of nitrogens with one attached hydrogen (secondary N) is 1. The summed E-state index contributed by atoms with van der Waals surface area (Å²) in [6.07, 6.45) is 0.400. The molecule has 140 valence electrons. The minimum atomic E-state index is -1.09. The second kappa shape index (κ2) is 8.58. The SMILES string of the molecule is COc1ccc(CC(C)(O)CNC(=O)c2ccc(OC)cc2OC)cc1. The fourth-order valence-electron chi connectivity index (χ4n) is 2.60. The number of carbonyl (C=O) groups excluding carboxylic acids is 1. The van der Waals surface area contributed by atoms with Crippen LogP contribution in [0.4, 0.5) is 0 Å². The minimum Gasteiger partial charge on any atom is -0.497 e. The monoisotopic (exact) mass is 359 g/mol. The van der Waals surface area contributed by atoms with Gasteiger partial charge in [-0.25, -0.2) is 0 Å². The van der Waals surface area contributed by atoms with E-state index in [0.29, 0.717) is 23.5 Å². The zero-order valence-electron chi connectivity index (χ0n) is 15.5. The third-order valence-electron chi connectivity index (χ3n) is 4.03. The number of carbonyl (C=O) groups is 1. The number of hydrogen-bond acceptors (Lipinski definition) is 5. The molecule has 26 heavy (non-hydrogen) atoms. The van der Waals surface area contributed by atoms with E-state index in [-0.39, 0.29) is 12.5 Å². The van der Waals surface area contributed by atoms with Crippen molar-refractivity contribution in [1.82, 2.24) is 5.32 Å². The Morgan fingerprint density at radius 1 is 1.00 bits per heavy atom. The lowest BCUT2D eigenvalue weighted by molar-refractivity contribution is 0.0551. The summed E-state index contributed by atoms with van der Waals surface area (Å²) in [5.41, 5.74) is 0.241. The summed E-state index contributed by atoms with van der Waals surface area (Å²) in [7, 11) is 4.64. The third kappa shape index (κ3) is 5.13. The Morgan fingerprint density at radius 3 is 2.19 bits per heavy atom. The normalized spacial score (nSPS) is 12.8. The Bertz CT molecular complexity index is 740. The van der Waals surface area contributed by atoms with E-state index in [2.05, 4.69) is 5.32 Å². The highest BCUT2D eigenvalue weighted by molar-refractivity contribution is 5.97. The van der Waals surface area contributed by atoms with Crippen molar-refractivity contribution in [2.24, 2.45) is 0 Å². The first-order valence-electron chi connectivity index (χ1n) is 8.24. The van der Waals surface area contributed by atoms with Crippen LogP contribution in [0.1, 0.15) is 22.8 Å². The highest BCUT2D eigenvalue weighted by Gasteiger charge is 2.23. The Kier molecular flexibility index (Phi) is 6.46. The van der Waals surface area contributed by atoms with Crippen LogP contribution >= 0.6 is 0 Å². The van der Waals surface area contributed by atoms with Crippen LogP contribution < -0.4 is 19.5 Å². The van der Waals surface area contributed by atoms with E-state index in [1.807, 2.05) is 24.3 Å². The molecule has 0 aliphatic carbocycles. The fourth-order valence-corrected chi connectivity index (χ4v) is 2.60. The minimum absolute atomic E-state index is 0.104. The van der Waals surface area contributed by atoms with Crippen LogP contribution in [-0.2, 0) is 6.42 Å². The second-order valence-corrected chi connectivity index (χ2v) is 6.27. The third-order valence-corrected chi connectivity index (χ3v) is 4.03. The smallest absolute Gasteiger partial charge is 0.255 e. The molecule has 6 heteroatoms. The van der Waals surface area contributed by atoms with Crippen molar-refractivity contribution in [2.45, 2.75) is 18.9 Å². The van der Waals surface area contributed by atoms with Crippen LogP contribution in [0.15, 0.2) is 42.5 Å². The van der Waals surface area contributed by atoms with E-state index in [0.717, 1.165) is 11.3 Å². The van der Waals surface area contributed by atoms with Gasteiger partial charge in [-0.2, -0.15) is 0 Å². The molecule has 1 amide bonds. The van der Waals surface area contributed by atoms with Crippen LogP contribution in [0.5, 0.6) is 17.2 Å². The molecule has 0 heterocycles. The van der Waals surface area contributed by atoms with E-state index in [9.17, 15) is 9.90 Å². The molecule has 0 bridgehead atoms. The Hall–Kier alpha value is -2.73. The van der Waals surface area contributed by atoms with E-state index < -0.39 is 5.60 Å². The summed E-state index contributed by atoms with van der Waals surface area (Å²) >= 11 is 0. The molecule has 6 nitrogen and oxygen atoms in total. The van der Waals surface area contributed by atoms with Crippen LogP contribution in [0, 0.1) is 0 Å². The van der Waals surface area contributed by atoms with Crippen molar-refractivity contribution in [1.29, 1.82) is 0 Å². The Labute approximate surface area is 153 Å². The Balaban J connectivity index is 2.00. The summed E-state index contributed by atoms with van der Waals surface area (Å²) in [6.45, 7) is 1.79. The van der Waals surface area contributed by atoms with Crippen molar-refractivity contribution >= 4 is 5.91 Å². The van der Waals surface area contributed by atoms with Gasteiger partial charge in [0.1, 0.15) is 17.2 Å². The van der Waals surface area contributed by atoms with Gasteiger partial charge >= 0.3 is 0 Å². The lowest BCUT2D eigenvalue weighted by atomic mass is 9.96. The molecule has 0 aliphatic rings. The molecule has 0 saturated heterocycles. The number of benzene rings is 2. The maximum Gasteiger partial charge on any atom is 0.255 e. The zero-order valence-corrected chi connectivity index (χ0v) is 15.5. The molecule has 2 aromatic carbocycles. The van der Waals surface area contributed by atoms with Crippen molar-refractivity contribution in [3.8, 4) is 17.2 Å². The summed E-state index contributed by atoms with van der Waals surface area (Å²) in [5.74, 6) is 1.45. The fraction of sp³-hybridized carbons (Fsp3) is 0.350. The molecule has 0 aromatic heterocycles. The standard InChI is InChI=1S/C20H25NO5/c1-20(23,12-14-5-7-15(24-2)8-6-14)13-21-19(22)17-10-9-16(25-3)11-18(17)26-4/h5-11,23H,12-13H2,1-4H3,(H,21,22). The molecule has 2 aromatic rings. The molecule has 1 atom stereocenters. The first-order chi connectivity index (χ1) is 12.4. The highest BCUT2D eigenvalue weighted by atomic mass is 16.5. The van der Waals surface area contributed by atoms with Crippen LogP contribution in [0.3, 0.4) is 0 Å². The van der Waals surface area contributed by atoms with Gasteiger partial charge in [0, 0.05) is 19.0 Å². The van der Waals surface area contributed by atoms with E-state index >= 15 is 0 Å².